The fourth-order valence-electron chi connectivity index (χ4n) is 3.97. The highest BCUT2D eigenvalue weighted by Crippen LogP contribution is 2.36. The number of hydrogen-bond acceptors (Lipinski definition) is 6. The van der Waals surface area contributed by atoms with Crippen molar-refractivity contribution >= 4 is 28.3 Å². The van der Waals surface area contributed by atoms with Crippen molar-refractivity contribution in [3.63, 3.8) is 0 Å². The maximum absolute atomic E-state index is 12.7. The van der Waals surface area contributed by atoms with E-state index in [0.29, 0.717) is 43.0 Å². The molecule has 0 spiro atoms. The lowest BCUT2D eigenvalue weighted by Crippen LogP contribution is -2.42. The van der Waals surface area contributed by atoms with Gasteiger partial charge in [0, 0.05) is 36.1 Å². The number of benzene rings is 1. The van der Waals surface area contributed by atoms with E-state index >= 15 is 0 Å². The summed E-state index contributed by atoms with van der Waals surface area (Å²) in [5.41, 5.74) is 4.16. The number of nitrogens with zero attached hydrogens (tertiary/aromatic N) is 3. The number of methoxy groups -OCH3 is 1. The lowest BCUT2D eigenvalue weighted by Gasteiger charge is -2.27. The Kier molecular flexibility index (Phi) is 7.13. The number of carbonyl (C=O) groups excluding carboxylic acids is 2. The number of carbonyl (C=O) groups is 2. The predicted octanol–water partition coefficient (Wildman–Crippen LogP) is 3.50. The molecule has 3 N–H and O–H groups in total. The van der Waals surface area contributed by atoms with Crippen LogP contribution >= 0.6 is 11.3 Å². The van der Waals surface area contributed by atoms with Crippen molar-refractivity contribution < 1.29 is 14.3 Å². The molecular weight excluding hydrogens is 452 g/mol. The van der Waals surface area contributed by atoms with E-state index in [1.54, 1.807) is 18.2 Å². The number of hydrogen-bond donors (Lipinski definition) is 3. The first-order chi connectivity index (χ1) is 16.5. The maximum atomic E-state index is 12.7. The molecule has 1 aliphatic rings. The Hall–Kier alpha value is -3.84. The first-order valence-corrected chi connectivity index (χ1v) is 11.8. The Morgan fingerprint density at radius 2 is 2.15 bits per heavy atom. The Balaban J connectivity index is 1.38. The van der Waals surface area contributed by atoms with Crippen LogP contribution in [-0.2, 0) is 30.7 Å². The van der Waals surface area contributed by atoms with Gasteiger partial charge in [-0.3, -0.25) is 9.89 Å². The Bertz CT molecular complexity index is 1240. The molecule has 0 fully saturated rings. The van der Waals surface area contributed by atoms with Crippen molar-refractivity contribution in [2.45, 2.75) is 39.3 Å². The van der Waals surface area contributed by atoms with Crippen LogP contribution in [0.5, 0.6) is 5.75 Å². The van der Waals surface area contributed by atoms with Gasteiger partial charge in [0.2, 0.25) is 5.91 Å². The van der Waals surface area contributed by atoms with Crippen LogP contribution in [0.3, 0.4) is 0 Å². The van der Waals surface area contributed by atoms with E-state index in [1.807, 2.05) is 31.2 Å². The summed E-state index contributed by atoms with van der Waals surface area (Å²) in [6.07, 6.45) is 3.15. The Labute approximate surface area is 201 Å². The third-order valence-electron chi connectivity index (χ3n) is 5.89. The summed E-state index contributed by atoms with van der Waals surface area (Å²) in [5, 5.41) is 23.0. The fraction of sp³-hybridized carbons (Fsp3) is 0.333. The number of H-pyrrole nitrogens is 1. The predicted molar refractivity (Wildman–Crippen MR) is 129 cm³/mol. The molecule has 10 heteroatoms. The molecule has 1 aliphatic heterocycles. The van der Waals surface area contributed by atoms with E-state index in [9.17, 15) is 14.9 Å². The number of ether oxygens (including phenoxy) is 1. The van der Waals surface area contributed by atoms with Crippen LogP contribution in [-0.4, -0.2) is 40.7 Å². The number of aromatic amines is 1. The molecule has 0 saturated carbocycles. The quantitative estimate of drug-likeness (QED) is 0.480. The van der Waals surface area contributed by atoms with Crippen molar-refractivity contribution in [3.8, 4) is 11.8 Å². The summed E-state index contributed by atoms with van der Waals surface area (Å²) in [7, 11) is 1.61. The van der Waals surface area contributed by atoms with Crippen LogP contribution in [0.2, 0.25) is 0 Å². The second kappa shape index (κ2) is 10.4. The van der Waals surface area contributed by atoms with Crippen LogP contribution < -0.4 is 15.4 Å². The van der Waals surface area contributed by atoms with Gasteiger partial charge < -0.3 is 20.3 Å². The lowest BCUT2D eigenvalue weighted by molar-refractivity contribution is -0.116. The number of para-hydroxylation sites is 1. The molecule has 0 unspecified atom stereocenters. The number of rotatable bonds is 7. The van der Waals surface area contributed by atoms with E-state index in [1.165, 1.54) is 11.3 Å². The molecule has 176 valence electrons. The average Bonchev–Trinajstić information content (AvgIpc) is 3.42. The molecule has 3 amide bonds. The van der Waals surface area contributed by atoms with Crippen LogP contribution in [0.1, 0.15) is 39.2 Å². The van der Waals surface area contributed by atoms with Gasteiger partial charge in [-0.15, -0.1) is 11.3 Å². The number of aryl methyl sites for hydroxylation is 2. The van der Waals surface area contributed by atoms with Crippen LogP contribution in [0.4, 0.5) is 9.80 Å². The summed E-state index contributed by atoms with van der Waals surface area (Å²) in [6, 6.07) is 9.68. The Morgan fingerprint density at radius 3 is 2.88 bits per heavy atom. The summed E-state index contributed by atoms with van der Waals surface area (Å²) in [6.45, 7) is 3.19. The van der Waals surface area contributed by atoms with Gasteiger partial charge in [-0.1, -0.05) is 18.2 Å². The number of fused-ring (bicyclic) bond motifs is 1. The first-order valence-electron chi connectivity index (χ1n) is 11.0. The molecular formula is C24H26N6O3S. The zero-order chi connectivity index (χ0) is 24.1. The van der Waals surface area contributed by atoms with Gasteiger partial charge in [0.1, 0.15) is 16.8 Å². The number of aromatic nitrogens is 2. The fourth-order valence-corrected chi connectivity index (χ4v) is 5.20. The van der Waals surface area contributed by atoms with E-state index < -0.39 is 0 Å². The Morgan fingerprint density at radius 1 is 1.32 bits per heavy atom. The van der Waals surface area contributed by atoms with E-state index in [4.69, 9.17) is 4.74 Å². The van der Waals surface area contributed by atoms with Crippen LogP contribution in [0.25, 0.3) is 0 Å². The van der Waals surface area contributed by atoms with E-state index in [0.717, 1.165) is 33.0 Å². The maximum Gasteiger partial charge on any atom is 0.318 e. The molecule has 0 atom stereocenters. The average molecular weight is 479 g/mol. The minimum absolute atomic E-state index is 0.161. The number of nitrogens with one attached hydrogen (secondary N) is 3. The van der Waals surface area contributed by atoms with Crippen molar-refractivity contribution in [1.82, 2.24) is 20.4 Å². The van der Waals surface area contributed by atoms with Gasteiger partial charge in [-0.2, -0.15) is 10.4 Å². The molecule has 0 aliphatic carbocycles. The largest absolute Gasteiger partial charge is 0.496 e. The summed E-state index contributed by atoms with van der Waals surface area (Å²) >= 11 is 1.37. The highest BCUT2D eigenvalue weighted by Gasteiger charge is 2.27. The molecule has 3 aromatic rings. The van der Waals surface area contributed by atoms with Crippen LogP contribution in [0, 0.1) is 18.3 Å². The van der Waals surface area contributed by atoms with Crippen molar-refractivity contribution in [2.75, 3.05) is 19.0 Å². The molecule has 0 saturated heterocycles. The smallest absolute Gasteiger partial charge is 0.318 e. The van der Waals surface area contributed by atoms with Gasteiger partial charge in [-0.05, 0) is 37.0 Å². The lowest BCUT2D eigenvalue weighted by atomic mass is 10.0. The van der Waals surface area contributed by atoms with Gasteiger partial charge in [-0.25, -0.2) is 4.79 Å². The molecule has 9 nitrogen and oxygen atoms in total. The van der Waals surface area contributed by atoms with Gasteiger partial charge in [0.05, 0.1) is 24.9 Å². The van der Waals surface area contributed by atoms with Gasteiger partial charge >= 0.3 is 6.03 Å². The molecule has 4 rings (SSSR count). The minimum atomic E-state index is -0.166. The summed E-state index contributed by atoms with van der Waals surface area (Å²) in [5.74, 6) is 0.590. The van der Waals surface area contributed by atoms with Gasteiger partial charge in [0.15, 0.2) is 0 Å². The van der Waals surface area contributed by atoms with Crippen molar-refractivity contribution in [3.05, 3.63) is 63.3 Å². The molecule has 34 heavy (non-hydrogen) atoms. The third-order valence-corrected chi connectivity index (χ3v) is 7.02. The molecule has 2 aromatic heterocycles. The summed E-state index contributed by atoms with van der Waals surface area (Å²) < 4.78 is 5.35. The molecule has 3 heterocycles. The number of amides is 3. The van der Waals surface area contributed by atoms with Crippen molar-refractivity contribution in [2.24, 2.45) is 0 Å². The zero-order valence-electron chi connectivity index (χ0n) is 19.1. The normalized spacial score (nSPS) is 12.6. The number of anilines is 1. The van der Waals surface area contributed by atoms with E-state index in [-0.39, 0.29) is 18.4 Å². The molecule has 0 radical (unpaired) electrons. The van der Waals surface area contributed by atoms with E-state index in [2.05, 4.69) is 26.9 Å². The number of urea groups is 1. The second-order valence-corrected chi connectivity index (χ2v) is 9.11. The second-order valence-electron chi connectivity index (χ2n) is 8.01. The molecule has 0 bridgehead atoms. The zero-order valence-corrected chi connectivity index (χ0v) is 19.9. The van der Waals surface area contributed by atoms with Gasteiger partial charge in [0.25, 0.3) is 0 Å². The number of nitriles is 1. The monoisotopic (exact) mass is 478 g/mol. The summed E-state index contributed by atoms with van der Waals surface area (Å²) in [4.78, 5) is 27.9. The SMILES string of the molecule is COc1ccccc1CCC(=O)Nc1sc2c(c1C#N)CCN(C(=O)NCc1c[nH]nc1C)C2. The standard InChI is InChI=1S/C24H26N6O3S/c1-15-17(13-27-29-15)12-26-24(32)30-10-9-18-19(11-25)23(34-21(18)14-30)28-22(31)8-7-16-5-3-4-6-20(16)33-2/h3-6,13H,7-10,12,14H2,1-2H3,(H,26,32)(H,27,29)(H,28,31). The first kappa shape index (κ1) is 23.3. The topological polar surface area (TPSA) is 123 Å². The third kappa shape index (κ3) is 5.05. The number of thiophene rings is 1. The highest BCUT2D eigenvalue weighted by atomic mass is 32.1. The highest BCUT2D eigenvalue weighted by molar-refractivity contribution is 7.16. The molecule has 1 aromatic carbocycles. The van der Waals surface area contributed by atoms with Crippen molar-refractivity contribution in [1.29, 1.82) is 5.26 Å². The minimum Gasteiger partial charge on any atom is -0.496 e. The van der Waals surface area contributed by atoms with Crippen LogP contribution in [0.15, 0.2) is 30.5 Å².